The SMILES string of the molecule is Cc1cc2c(c(C(OC(C)(C)C)C(=O)O)c1-c1ccc3c(c1)CCCO3)CCCN2C(=O)Nc1ccccc1. The van der Waals surface area contributed by atoms with E-state index in [4.69, 9.17) is 9.47 Å². The Labute approximate surface area is 229 Å². The number of carbonyl (C=O) groups excluding carboxylic acids is 1. The summed E-state index contributed by atoms with van der Waals surface area (Å²) in [6, 6.07) is 17.2. The highest BCUT2D eigenvalue weighted by Gasteiger charge is 2.36. The number of rotatable bonds is 5. The van der Waals surface area contributed by atoms with E-state index in [1.165, 1.54) is 0 Å². The number of amides is 2. The van der Waals surface area contributed by atoms with Crippen LogP contribution in [0, 0.1) is 6.92 Å². The number of aliphatic carboxylic acids is 1. The topological polar surface area (TPSA) is 88.1 Å². The monoisotopic (exact) mass is 528 g/mol. The van der Waals surface area contributed by atoms with Gasteiger partial charge in [-0.15, -0.1) is 0 Å². The molecule has 3 aromatic rings. The van der Waals surface area contributed by atoms with E-state index in [0.29, 0.717) is 37.2 Å². The molecule has 7 nitrogen and oxygen atoms in total. The number of carboxylic acids is 1. The summed E-state index contributed by atoms with van der Waals surface area (Å²) in [6.45, 7) is 8.81. The van der Waals surface area contributed by atoms with Crippen LogP contribution >= 0.6 is 0 Å². The number of anilines is 2. The van der Waals surface area contributed by atoms with E-state index in [1.807, 2.05) is 76.2 Å². The van der Waals surface area contributed by atoms with Crippen LogP contribution in [-0.4, -0.2) is 35.9 Å². The molecule has 2 amide bonds. The fourth-order valence-corrected chi connectivity index (χ4v) is 5.60. The third-order valence-electron chi connectivity index (χ3n) is 7.18. The highest BCUT2D eigenvalue weighted by molar-refractivity contribution is 6.03. The number of nitrogens with zero attached hydrogens (tertiary/aromatic N) is 1. The van der Waals surface area contributed by atoms with Gasteiger partial charge in [0.15, 0.2) is 6.10 Å². The Kier molecular flexibility index (Phi) is 7.36. The Hall–Kier alpha value is -3.84. The fraction of sp³-hybridized carbons (Fsp3) is 0.375. The van der Waals surface area contributed by atoms with E-state index >= 15 is 0 Å². The largest absolute Gasteiger partial charge is 0.493 e. The normalized spacial score (nSPS) is 15.5. The van der Waals surface area contributed by atoms with Gasteiger partial charge in [-0.1, -0.05) is 24.3 Å². The molecular formula is C32H36N2O5. The number of para-hydroxylation sites is 1. The number of aryl methyl sites for hydroxylation is 2. The first-order valence-corrected chi connectivity index (χ1v) is 13.6. The minimum atomic E-state index is -1.20. The van der Waals surface area contributed by atoms with Gasteiger partial charge < -0.3 is 19.9 Å². The predicted molar refractivity (Wildman–Crippen MR) is 153 cm³/mol. The molecule has 2 N–H and O–H groups in total. The molecule has 0 fully saturated rings. The zero-order chi connectivity index (χ0) is 27.7. The number of nitrogens with one attached hydrogen (secondary N) is 1. The quantitative estimate of drug-likeness (QED) is 0.376. The molecule has 2 aliphatic rings. The molecule has 2 heterocycles. The van der Waals surface area contributed by atoms with Crippen LogP contribution in [0.2, 0.25) is 0 Å². The van der Waals surface area contributed by atoms with Gasteiger partial charge >= 0.3 is 12.0 Å². The number of urea groups is 1. The van der Waals surface area contributed by atoms with Crippen LogP contribution in [0.4, 0.5) is 16.2 Å². The molecule has 1 unspecified atom stereocenters. The average Bonchev–Trinajstić information content (AvgIpc) is 2.90. The maximum atomic E-state index is 13.5. The third kappa shape index (κ3) is 5.64. The van der Waals surface area contributed by atoms with Crippen LogP contribution in [0.25, 0.3) is 11.1 Å². The third-order valence-corrected chi connectivity index (χ3v) is 7.18. The minimum absolute atomic E-state index is 0.241. The van der Waals surface area contributed by atoms with Gasteiger partial charge in [0.25, 0.3) is 0 Å². The van der Waals surface area contributed by atoms with Gasteiger partial charge in [0.1, 0.15) is 5.75 Å². The number of benzene rings is 3. The summed E-state index contributed by atoms with van der Waals surface area (Å²) in [5.74, 6) is -0.169. The van der Waals surface area contributed by atoms with Crippen LogP contribution in [-0.2, 0) is 22.4 Å². The Bertz CT molecular complexity index is 1390. The van der Waals surface area contributed by atoms with Crippen molar-refractivity contribution in [3.63, 3.8) is 0 Å². The number of hydrogen-bond acceptors (Lipinski definition) is 4. The molecule has 0 spiro atoms. The second-order valence-corrected chi connectivity index (χ2v) is 11.3. The molecule has 39 heavy (non-hydrogen) atoms. The first kappa shape index (κ1) is 26.8. The van der Waals surface area contributed by atoms with E-state index in [1.54, 1.807) is 4.90 Å². The van der Waals surface area contributed by atoms with E-state index in [-0.39, 0.29) is 6.03 Å². The average molecular weight is 529 g/mol. The summed E-state index contributed by atoms with van der Waals surface area (Å²) < 4.78 is 12.1. The molecule has 204 valence electrons. The van der Waals surface area contributed by atoms with E-state index in [0.717, 1.165) is 52.1 Å². The standard InChI is InChI=1S/C32H36N2O5/c1-20-18-25-24(13-8-16-34(25)31(37)33-23-11-6-5-7-12-23)28(29(30(35)36)39-32(2,3)4)27(20)22-14-15-26-21(19-22)10-9-17-38-26/h5-7,11-12,14-15,18-19,29H,8-10,13,16-17H2,1-4H3,(H,33,37)(H,35,36). The van der Waals surface area contributed by atoms with Gasteiger partial charge in [0, 0.05) is 23.5 Å². The van der Waals surface area contributed by atoms with E-state index in [2.05, 4.69) is 11.4 Å². The number of carboxylic acid groups (broad SMARTS) is 1. The summed E-state index contributed by atoms with van der Waals surface area (Å²) in [5, 5.41) is 13.5. The molecule has 0 bridgehead atoms. The minimum Gasteiger partial charge on any atom is -0.493 e. The fourth-order valence-electron chi connectivity index (χ4n) is 5.60. The number of fused-ring (bicyclic) bond motifs is 2. The lowest BCUT2D eigenvalue weighted by molar-refractivity contribution is -0.160. The van der Waals surface area contributed by atoms with Gasteiger partial charge in [-0.25, -0.2) is 9.59 Å². The van der Waals surface area contributed by atoms with Crippen LogP contribution in [0.5, 0.6) is 5.75 Å². The van der Waals surface area contributed by atoms with Crippen molar-refractivity contribution in [2.24, 2.45) is 0 Å². The predicted octanol–water partition coefficient (Wildman–Crippen LogP) is 6.91. The van der Waals surface area contributed by atoms with Gasteiger partial charge in [-0.2, -0.15) is 0 Å². The highest BCUT2D eigenvalue weighted by Crippen LogP contribution is 2.45. The molecule has 0 saturated carbocycles. The molecule has 0 radical (unpaired) electrons. The molecule has 0 aromatic heterocycles. The summed E-state index contributed by atoms with van der Waals surface area (Å²) in [6.07, 6.45) is 2.03. The number of carbonyl (C=O) groups is 2. The van der Waals surface area contributed by atoms with Gasteiger partial charge in [-0.05, 0) is 112 Å². The van der Waals surface area contributed by atoms with Crippen LogP contribution in [0.1, 0.15) is 62.0 Å². The number of hydrogen-bond donors (Lipinski definition) is 2. The van der Waals surface area contributed by atoms with Gasteiger partial charge in [-0.3, -0.25) is 4.90 Å². The first-order chi connectivity index (χ1) is 18.6. The molecule has 0 saturated heterocycles. The Morgan fingerprint density at radius 2 is 1.82 bits per heavy atom. The van der Waals surface area contributed by atoms with Crippen LogP contribution < -0.4 is 15.0 Å². The second-order valence-electron chi connectivity index (χ2n) is 11.3. The maximum absolute atomic E-state index is 13.5. The van der Waals surface area contributed by atoms with Crippen molar-refractivity contribution in [3.8, 4) is 16.9 Å². The molecule has 2 aliphatic heterocycles. The number of ether oxygens (including phenoxy) is 2. The van der Waals surface area contributed by atoms with Crippen molar-refractivity contribution < 1.29 is 24.2 Å². The van der Waals surface area contributed by atoms with Gasteiger partial charge in [0.2, 0.25) is 0 Å². The van der Waals surface area contributed by atoms with E-state index in [9.17, 15) is 14.7 Å². The van der Waals surface area contributed by atoms with Crippen LogP contribution in [0.3, 0.4) is 0 Å². The lowest BCUT2D eigenvalue weighted by Gasteiger charge is -2.35. The summed E-state index contributed by atoms with van der Waals surface area (Å²) in [7, 11) is 0. The van der Waals surface area contributed by atoms with Crippen molar-refractivity contribution in [1.29, 1.82) is 0 Å². The van der Waals surface area contributed by atoms with Crippen molar-refractivity contribution in [3.05, 3.63) is 76.9 Å². The second kappa shape index (κ2) is 10.7. The molecular weight excluding hydrogens is 492 g/mol. The van der Waals surface area contributed by atoms with Gasteiger partial charge in [0.05, 0.1) is 12.2 Å². The Morgan fingerprint density at radius 3 is 2.54 bits per heavy atom. The molecule has 1 atom stereocenters. The molecule has 5 rings (SSSR count). The lowest BCUT2D eigenvalue weighted by Crippen LogP contribution is -2.39. The Morgan fingerprint density at radius 1 is 1.05 bits per heavy atom. The smallest absolute Gasteiger partial charge is 0.337 e. The first-order valence-electron chi connectivity index (χ1n) is 13.6. The molecule has 7 heteroatoms. The molecule has 0 aliphatic carbocycles. The maximum Gasteiger partial charge on any atom is 0.337 e. The summed E-state index contributed by atoms with van der Waals surface area (Å²) in [5.41, 5.74) is 6.01. The zero-order valence-electron chi connectivity index (χ0n) is 23.0. The summed E-state index contributed by atoms with van der Waals surface area (Å²) in [4.78, 5) is 28.0. The Balaban J connectivity index is 1.68. The molecule has 3 aromatic carbocycles. The van der Waals surface area contributed by atoms with Crippen molar-refractivity contribution in [2.75, 3.05) is 23.4 Å². The van der Waals surface area contributed by atoms with Crippen LogP contribution in [0.15, 0.2) is 54.6 Å². The highest BCUT2D eigenvalue weighted by atomic mass is 16.5. The lowest BCUT2D eigenvalue weighted by atomic mass is 9.83. The van der Waals surface area contributed by atoms with Crippen molar-refractivity contribution in [1.82, 2.24) is 0 Å². The van der Waals surface area contributed by atoms with Crippen molar-refractivity contribution >= 4 is 23.4 Å². The zero-order valence-corrected chi connectivity index (χ0v) is 23.0. The van der Waals surface area contributed by atoms with Crippen molar-refractivity contribution in [2.45, 2.75) is 65.1 Å². The van der Waals surface area contributed by atoms with E-state index < -0.39 is 17.7 Å². The summed E-state index contributed by atoms with van der Waals surface area (Å²) >= 11 is 0.